The largest absolute Gasteiger partial charge is 0.454 e. The van der Waals surface area contributed by atoms with E-state index in [1.54, 1.807) is 25.1 Å². The molecular weight excluding hydrogens is 372 g/mol. The Hall–Kier alpha value is -2.67. The van der Waals surface area contributed by atoms with Crippen molar-refractivity contribution in [2.75, 3.05) is 18.5 Å². The minimum atomic E-state index is -0.804. The Morgan fingerprint density at radius 2 is 1.81 bits per heavy atom. The lowest BCUT2D eigenvalue weighted by molar-refractivity contribution is -0.154. The highest BCUT2D eigenvalue weighted by molar-refractivity contribution is 6.31. The second-order valence-electron chi connectivity index (χ2n) is 6.54. The topological polar surface area (TPSA) is 92.8 Å². The van der Waals surface area contributed by atoms with Crippen molar-refractivity contribution in [3.8, 4) is 0 Å². The molecule has 7 nitrogen and oxygen atoms in total. The molecule has 0 unspecified atom stereocenters. The van der Waals surface area contributed by atoms with Crippen molar-refractivity contribution in [2.24, 2.45) is 11.8 Å². The Balaban J connectivity index is 1.51. The van der Waals surface area contributed by atoms with Gasteiger partial charge in [0.2, 0.25) is 11.8 Å². The van der Waals surface area contributed by atoms with Gasteiger partial charge in [-0.1, -0.05) is 29.8 Å². The average Bonchev–Trinajstić information content (AvgIpc) is 2.89. The predicted molar refractivity (Wildman–Crippen MR) is 97.9 cm³/mol. The lowest BCUT2D eigenvalue weighted by Crippen LogP contribution is -2.37. The highest BCUT2D eigenvalue weighted by Gasteiger charge is 2.47. The average molecular weight is 391 g/mol. The number of likely N-dealkylation sites (tertiary alicyclic amines) is 1. The van der Waals surface area contributed by atoms with Crippen molar-refractivity contribution in [1.82, 2.24) is 4.90 Å². The number of hydrogen-bond acceptors (Lipinski definition) is 5. The fourth-order valence-electron chi connectivity index (χ4n) is 3.27. The van der Waals surface area contributed by atoms with Crippen LogP contribution in [0.15, 0.2) is 30.4 Å². The summed E-state index contributed by atoms with van der Waals surface area (Å²) in [4.78, 5) is 49.5. The van der Waals surface area contributed by atoms with E-state index in [1.165, 1.54) is 0 Å². The Morgan fingerprint density at radius 3 is 2.44 bits per heavy atom. The number of allylic oxidation sites excluding steroid dienone is 2. The van der Waals surface area contributed by atoms with E-state index in [2.05, 4.69) is 5.32 Å². The molecule has 1 N–H and O–H groups in total. The zero-order valence-corrected chi connectivity index (χ0v) is 15.5. The SMILES string of the molecule is Cc1c(Cl)cccc1NC(=O)COC(=O)CN1C(=O)[C@@H]2CC=CC[C@H]2C1=O. The quantitative estimate of drug-likeness (QED) is 0.472. The van der Waals surface area contributed by atoms with Crippen LogP contribution in [0.5, 0.6) is 0 Å². The number of nitrogens with one attached hydrogen (secondary N) is 1. The van der Waals surface area contributed by atoms with Gasteiger partial charge in [-0.3, -0.25) is 24.1 Å². The first-order valence-corrected chi connectivity index (χ1v) is 8.97. The van der Waals surface area contributed by atoms with Crippen LogP contribution < -0.4 is 5.32 Å². The van der Waals surface area contributed by atoms with Crippen LogP contribution in [-0.4, -0.2) is 41.7 Å². The Labute approximate surface area is 161 Å². The number of fused-ring (bicyclic) bond motifs is 1. The third-order valence-corrected chi connectivity index (χ3v) is 5.20. The van der Waals surface area contributed by atoms with Crippen LogP contribution in [0, 0.1) is 18.8 Å². The molecule has 1 aliphatic heterocycles. The number of esters is 1. The van der Waals surface area contributed by atoms with Crippen molar-refractivity contribution in [2.45, 2.75) is 19.8 Å². The molecule has 1 aromatic carbocycles. The van der Waals surface area contributed by atoms with Gasteiger partial charge in [-0.15, -0.1) is 0 Å². The van der Waals surface area contributed by atoms with Gasteiger partial charge in [0.25, 0.3) is 5.91 Å². The molecule has 3 amide bonds. The maximum Gasteiger partial charge on any atom is 0.326 e. The van der Waals surface area contributed by atoms with Gasteiger partial charge < -0.3 is 10.1 Å². The van der Waals surface area contributed by atoms with Crippen LogP contribution in [0.1, 0.15) is 18.4 Å². The predicted octanol–water partition coefficient (Wildman–Crippen LogP) is 2.08. The summed E-state index contributed by atoms with van der Waals surface area (Å²) in [6, 6.07) is 5.07. The van der Waals surface area contributed by atoms with E-state index >= 15 is 0 Å². The molecule has 1 aliphatic carbocycles. The smallest absolute Gasteiger partial charge is 0.326 e. The molecule has 0 bridgehead atoms. The van der Waals surface area contributed by atoms with Crippen LogP contribution in [0.3, 0.4) is 0 Å². The van der Waals surface area contributed by atoms with Crippen LogP contribution in [-0.2, 0) is 23.9 Å². The van der Waals surface area contributed by atoms with Crippen molar-refractivity contribution < 1.29 is 23.9 Å². The monoisotopic (exact) mass is 390 g/mol. The van der Waals surface area contributed by atoms with Gasteiger partial charge in [-0.05, 0) is 37.5 Å². The van der Waals surface area contributed by atoms with E-state index in [4.69, 9.17) is 16.3 Å². The first-order chi connectivity index (χ1) is 12.9. The van der Waals surface area contributed by atoms with Crippen molar-refractivity contribution >= 4 is 41.0 Å². The van der Waals surface area contributed by atoms with Gasteiger partial charge in [0.05, 0.1) is 11.8 Å². The van der Waals surface area contributed by atoms with Gasteiger partial charge in [0.1, 0.15) is 6.54 Å². The number of nitrogens with zero attached hydrogens (tertiary/aromatic N) is 1. The van der Waals surface area contributed by atoms with E-state index in [0.717, 1.165) is 4.90 Å². The van der Waals surface area contributed by atoms with E-state index in [9.17, 15) is 19.2 Å². The summed E-state index contributed by atoms with van der Waals surface area (Å²) < 4.78 is 4.91. The summed E-state index contributed by atoms with van der Waals surface area (Å²) in [5.41, 5.74) is 1.22. The summed E-state index contributed by atoms with van der Waals surface area (Å²) in [5.74, 6) is -2.85. The molecule has 0 aromatic heterocycles. The van der Waals surface area contributed by atoms with Crippen LogP contribution in [0.25, 0.3) is 0 Å². The highest BCUT2D eigenvalue weighted by atomic mass is 35.5. The van der Waals surface area contributed by atoms with Gasteiger partial charge in [0.15, 0.2) is 6.61 Å². The number of ether oxygens (including phenoxy) is 1. The number of carbonyl (C=O) groups excluding carboxylic acids is 4. The summed E-state index contributed by atoms with van der Waals surface area (Å²) in [7, 11) is 0. The highest BCUT2D eigenvalue weighted by Crippen LogP contribution is 2.34. The van der Waals surface area contributed by atoms with Gasteiger partial charge in [-0.25, -0.2) is 0 Å². The fraction of sp³-hybridized carbons (Fsp3) is 0.368. The lowest BCUT2D eigenvalue weighted by atomic mass is 9.85. The molecule has 0 saturated carbocycles. The number of amides is 3. The van der Waals surface area contributed by atoms with Gasteiger partial charge in [0, 0.05) is 10.7 Å². The summed E-state index contributed by atoms with van der Waals surface area (Å²) in [5, 5.41) is 3.11. The van der Waals surface area contributed by atoms with Crippen LogP contribution in [0.4, 0.5) is 5.69 Å². The Bertz CT molecular complexity index is 809. The summed E-state index contributed by atoms with van der Waals surface area (Å²) in [6.07, 6.45) is 4.75. The molecule has 142 valence electrons. The first kappa shape index (κ1) is 19.1. The maximum absolute atomic E-state index is 12.3. The third-order valence-electron chi connectivity index (χ3n) is 4.79. The number of carbonyl (C=O) groups is 4. The zero-order chi connectivity index (χ0) is 19.6. The zero-order valence-electron chi connectivity index (χ0n) is 14.7. The molecule has 2 aliphatic rings. The molecule has 8 heteroatoms. The number of benzene rings is 1. The number of hydrogen-bond donors (Lipinski definition) is 1. The molecule has 27 heavy (non-hydrogen) atoms. The second kappa shape index (κ2) is 7.92. The minimum Gasteiger partial charge on any atom is -0.454 e. The van der Waals surface area contributed by atoms with E-state index in [-0.39, 0.29) is 11.8 Å². The van der Waals surface area contributed by atoms with Gasteiger partial charge >= 0.3 is 5.97 Å². The van der Waals surface area contributed by atoms with Crippen LogP contribution >= 0.6 is 11.6 Å². The van der Waals surface area contributed by atoms with Crippen LogP contribution in [0.2, 0.25) is 5.02 Å². The summed E-state index contributed by atoms with van der Waals surface area (Å²) >= 11 is 5.99. The van der Waals surface area contributed by atoms with E-state index in [1.807, 2.05) is 12.2 Å². The van der Waals surface area contributed by atoms with E-state index in [0.29, 0.717) is 29.1 Å². The normalized spacial score (nSPS) is 21.2. The number of anilines is 1. The molecule has 1 fully saturated rings. The fourth-order valence-corrected chi connectivity index (χ4v) is 3.45. The van der Waals surface area contributed by atoms with Gasteiger partial charge in [-0.2, -0.15) is 0 Å². The number of rotatable bonds is 5. The molecule has 0 spiro atoms. The number of imide groups is 1. The molecule has 1 aromatic rings. The third kappa shape index (κ3) is 4.03. The van der Waals surface area contributed by atoms with E-state index < -0.39 is 36.9 Å². The standard InChI is InChI=1S/C19H19ClN2O5/c1-11-14(20)7-4-8-15(11)21-16(23)10-27-17(24)9-22-18(25)12-5-2-3-6-13(12)19(22)26/h2-4,7-8,12-13H,5-6,9-10H2,1H3,(H,21,23)/t12-,13-/m1/s1. The van der Waals surface area contributed by atoms with Crippen molar-refractivity contribution in [3.05, 3.63) is 40.9 Å². The lowest BCUT2D eigenvalue weighted by Gasteiger charge is -2.14. The Kier molecular flexibility index (Phi) is 5.60. The molecule has 1 heterocycles. The molecule has 2 atom stereocenters. The molecular formula is C19H19ClN2O5. The van der Waals surface area contributed by atoms with Crippen molar-refractivity contribution in [3.63, 3.8) is 0 Å². The first-order valence-electron chi connectivity index (χ1n) is 8.59. The number of halogens is 1. The maximum atomic E-state index is 12.3. The minimum absolute atomic E-state index is 0.356. The Morgan fingerprint density at radius 1 is 1.19 bits per heavy atom. The second-order valence-corrected chi connectivity index (χ2v) is 6.95. The van der Waals surface area contributed by atoms with Crippen molar-refractivity contribution in [1.29, 1.82) is 0 Å². The molecule has 1 saturated heterocycles. The summed E-state index contributed by atoms with van der Waals surface area (Å²) in [6.45, 7) is 0.756. The molecule has 0 radical (unpaired) electrons. The molecule has 3 rings (SSSR count).